The van der Waals surface area contributed by atoms with Crippen molar-refractivity contribution in [2.75, 3.05) is 13.2 Å². The van der Waals surface area contributed by atoms with Gasteiger partial charge in [0.25, 0.3) is 0 Å². The van der Waals surface area contributed by atoms with E-state index in [9.17, 15) is 4.39 Å². The van der Waals surface area contributed by atoms with Crippen LogP contribution in [-0.4, -0.2) is 22.9 Å². The van der Waals surface area contributed by atoms with Gasteiger partial charge in [-0.1, -0.05) is 6.92 Å². The van der Waals surface area contributed by atoms with Gasteiger partial charge in [0.2, 0.25) is 0 Å². The van der Waals surface area contributed by atoms with Crippen molar-refractivity contribution in [2.24, 2.45) is 7.05 Å². The molecule has 5 heteroatoms. The van der Waals surface area contributed by atoms with Crippen LogP contribution in [0.25, 0.3) is 0 Å². The molecule has 0 bridgehead atoms. The van der Waals surface area contributed by atoms with E-state index in [2.05, 4.69) is 10.4 Å². The fourth-order valence-corrected chi connectivity index (χ4v) is 2.29. The maximum Gasteiger partial charge on any atom is 0.124 e. The normalized spacial score (nSPS) is 12.4. The Morgan fingerprint density at radius 3 is 2.90 bits per heavy atom. The summed E-state index contributed by atoms with van der Waals surface area (Å²) in [5.74, 6) is 0.489. The highest BCUT2D eigenvalue weighted by Gasteiger charge is 2.12. The number of halogens is 1. The summed E-state index contributed by atoms with van der Waals surface area (Å²) in [6.45, 7) is 5.40. The number of nitrogens with one attached hydrogen (secondary N) is 1. The Hall–Kier alpha value is -1.88. The third-order valence-electron chi connectivity index (χ3n) is 3.36. The predicted molar refractivity (Wildman–Crippen MR) is 80.9 cm³/mol. The van der Waals surface area contributed by atoms with E-state index in [4.69, 9.17) is 4.74 Å². The summed E-state index contributed by atoms with van der Waals surface area (Å²) >= 11 is 0. The van der Waals surface area contributed by atoms with E-state index in [1.54, 1.807) is 10.7 Å². The first-order chi connectivity index (χ1) is 10.1. The maximum absolute atomic E-state index is 13.4. The zero-order chi connectivity index (χ0) is 15.2. The number of aromatic nitrogens is 2. The molecule has 1 atom stereocenters. The molecule has 2 aromatic rings. The summed E-state index contributed by atoms with van der Waals surface area (Å²) in [5, 5.41) is 7.41. The second-order valence-electron chi connectivity index (χ2n) is 5.08. The summed E-state index contributed by atoms with van der Waals surface area (Å²) in [7, 11) is 1.89. The quantitative estimate of drug-likeness (QED) is 0.852. The maximum atomic E-state index is 13.4. The van der Waals surface area contributed by atoms with E-state index in [0.29, 0.717) is 6.61 Å². The van der Waals surface area contributed by atoms with Crippen molar-refractivity contribution in [1.29, 1.82) is 0 Å². The largest absolute Gasteiger partial charge is 0.493 e. The van der Waals surface area contributed by atoms with E-state index in [1.807, 2.05) is 33.3 Å². The molecule has 1 N–H and O–H groups in total. The minimum atomic E-state index is -0.241. The Labute approximate surface area is 124 Å². The van der Waals surface area contributed by atoms with Crippen LogP contribution in [0.15, 0.2) is 30.6 Å². The third-order valence-corrected chi connectivity index (χ3v) is 3.36. The fraction of sp³-hybridized carbons (Fsp3) is 0.438. The van der Waals surface area contributed by atoms with Crippen molar-refractivity contribution in [3.63, 3.8) is 0 Å². The number of benzene rings is 1. The van der Waals surface area contributed by atoms with Crippen molar-refractivity contribution in [3.05, 3.63) is 47.5 Å². The standard InChI is InChI=1S/C16H22FN3O/c1-4-18-12(2)15-9-14(17)5-6-16(15)21-8-7-13-10-19-20(3)11-13/h5-6,9-12,18H,4,7-8H2,1-3H3. The van der Waals surface area contributed by atoms with Gasteiger partial charge in [0, 0.05) is 31.3 Å². The molecule has 0 amide bonds. The lowest BCUT2D eigenvalue weighted by Gasteiger charge is -2.17. The first kappa shape index (κ1) is 15.5. The Morgan fingerprint density at radius 2 is 2.24 bits per heavy atom. The smallest absolute Gasteiger partial charge is 0.124 e. The van der Waals surface area contributed by atoms with Crippen molar-refractivity contribution in [2.45, 2.75) is 26.3 Å². The molecule has 0 aliphatic heterocycles. The number of aryl methyl sites for hydroxylation is 1. The molecule has 21 heavy (non-hydrogen) atoms. The first-order valence-corrected chi connectivity index (χ1v) is 7.23. The Kier molecular flexibility index (Phi) is 5.33. The number of nitrogens with zero attached hydrogens (tertiary/aromatic N) is 2. The Balaban J connectivity index is 2.01. The van der Waals surface area contributed by atoms with Crippen LogP contribution >= 0.6 is 0 Å². The second-order valence-corrected chi connectivity index (χ2v) is 5.08. The number of rotatable bonds is 7. The van der Waals surface area contributed by atoms with E-state index in [-0.39, 0.29) is 11.9 Å². The molecular weight excluding hydrogens is 269 g/mol. The van der Waals surface area contributed by atoms with Crippen LogP contribution in [0.1, 0.15) is 31.0 Å². The highest BCUT2D eigenvalue weighted by atomic mass is 19.1. The second kappa shape index (κ2) is 7.22. The Morgan fingerprint density at radius 1 is 1.43 bits per heavy atom. The number of hydrogen-bond donors (Lipinski definition) is 1. The molecule has 1 unspecified atom stereocenters. The molecule has 0 spiro atoms. The van der Waals surface area contributed by atoms with Gasteiger partial charge in [-0.15, -0.1) is 0 Å². The molecular formula is C16H22FN3O. The summed E-state index contributed by atoms with van der Waals surface area (Å²) in [6, 6.07) is 4.72. The van der Waals surface area contributed by atoms with Gasteiger partial charge < -0.3 is 10.1 Å². The number of ether oxygens (including phenoxy) is 1. The molecule has 0 saturated heterocycles. The van der Waals surface area contributed by atoms with E-state index < -0.39 is 0 Å². The van der Waals surface area contributed by atoms with Crippen molar-refractivity contribution in [1.82, 2.24) is 15.1 Å². The van der Waals surface area contributed by atoms with Gasteiger partial charge in [-0.3, -0.25) is 4.68 Å². The lowest BCUT2D eigenvalue weighted by Crippen LogP contribution is -2.19. The van der Waals surface area contributed by atoms with Gasteiger partial charge in [-0.2, -0.15) is 5.10 Å². The summed E-state index contributed by atoms with van der Waals surface area (Å²) in [4.78, 5) is 0. The summed E-state index contributed by atoms with van der Waals surface area (Å²) < 4.78 is 21.0. The molecule has 4 nitrogen and oxygen atoms in total. The molecule has 1 heterocycles. The van der Waals surface area contributed by atoms with Crippen LogP contribution in [0.3, 0.4) is 0 Å². The molecule has 1 aromatic heterocycles. The molecule has 0 fully saturated rings. The van der Waals surface area contributed by atoms with Gasteiger partial charge in [-0.25, -0.2) is 4.39 Å². The van der Waals surface area contributed by atoms with Crippen LogP contribution in [-0.2, 0) is 13.5 Å². The average molecular weight is 291 g/mol. The van der Waals surface area contributed by atoms with Gasteiger partial charge in [0.15, 0.2) is 0 Å². The molecule has 0 aliphatic rings. The van der Waals surface area contributed by atoms with Gasteiger partial charge in [0.1, 0.15) is 11.6 Å². The van der Waals surface area contributed by atoms with Crippen molar-refractivity contribution < 1.29 is 9.13 Å². The van der Waals surface area contributed by atoms with Crippen molar-refractivity contribution >= 4 is 0 Å². The topological polar surface area (TPSA) is 39.1 Å². The van der Waals surface area contributed by atoms with Gasteiger partial charge in [0.05, 0.1) is 12.8 Å². The van der Waals surface area contributed by atoms with Gasteiger partial charge in [-0.05, 0) is 37.2 Å². The van der Waals surface area contributed by atoms with Crippen molar-refractivity contribution in [3.8, 4) is 5.75 Å². The van der Waals surface area contributed by atoms with E-state index in [1.165, 1.54) is 12.1 Å². The third kappa shape index (κ3) is 4.29. The fourth-order valence-electron chi connectivity index (χ4n) is 2.29. The van der Waals surface area contributed by atoms with Gasteiger partial charge >= 0.3 is 0 Å². The molecule has 2 rings (SSSR count). The van der Waals surface area contributed by atoms with Crippen LogP contribution in [0, 0.1) is 5.82 Å². The molecule has 0 saturated carbocycles. The van der Waals surface area contributed by atoms with Crippen LogP contribution in [0.4, 0.5) is 4.39 Å². The van der Waals surface area contributed by atoms with Crippen LogP contribution < -0.4 is 10.1 Å². The Bertz CT molecular complexity index is 583. The zero-order valence-corrected chi connectivity index (χ0v) is 12.8. The van der Waals surface area contributed by atoms with E-state index >= 15 is 0 Å². The highest BCUT2D eigenvalue weighted by molar-refractivity contribution is 5.36. The molecule has 0 aliphatic carbocycles. The predicted octanol–water partition coefficient (Wildman–Crippen LogP) is 2.85. The minimum absolute atomic E-state index is 0.0547. The zero-order valence-electron chi connectivity index (χ0n) is 12.8. The highest BCUT2D eigenvalue weighted by Crippen LogP contribution is 2.26. The van der Waals surface area contributed by atoms with E-state index in [0.717, 1.165) is 29.8 Å². The monoisotopic (exact) mass is 291 g/mol. The molecule has 114 valence electrons. The SMILES string of the molecule is CCNC(C)c1cc(F)ccc1OCCc1cnn(C)c1. The lowest BCUT2D eigenvalue weighted by molar-refractivity contribution is 0.314. The molecule has 1 aromatic carbocycles. The summed E-state index contributed by atoms with van der Waals surface area (Å²) in [6.07, 6.45) is 4.58. The summed E-state index contributed by atoms with van der Waals surface area (Å²) in [5.41, 5.74) is 1.98. The minimum Gasteiger partial charge on any atom is -0.493 e. The van der Waals surface area contributed by atoms with Crippen LogP contribution in [0.2, 0.25) is 0 Å². The first-order valence-electron chi connectivity index (χ1n) is 7.23. The van der Waals surface area contributed by atoms with Crippen LogP contribution in [0.5, 0.6) is 5.75 Å². The molecule has 0 radical (unpaired) electrons. The average Bonchev–Trinajstić information content (AvgIpc) is 2.86. The number of hydrogen-bond acceptors (Lipinski definition) is 3. The lowest BCUT2D eigenvalue weighted by atomic mass is 10.1.